The lowest BCUT2D eigenvalue weighted by molar-refractivity contribution is -0.137. The highest BCUT2D eigenvalue weighted by atomic mass is 127. The van der Waals surface area contributed by atoms with Crippen molar-refractivity contribution in [3.63, 3.8) is 0 Å². The molecule has 0 aromatic heterocycles. The van der Waals surface area contributed by atoms with E-state index in [1.807, 2.05) is 18.2 Å². The number of benzene rings is 2. The van der Waals surface area contributed by atoms with Gasteiger partial charge in [0, 0.05) is 44.9 Å². The fourth-order valence-corrected chi connectivity index (χ4v) is 3.89. The van der Waals surface area contributed by atoms with Gasteiger partial charge in [-0.05, 0) is 43.0 Å². The van der Waals surface area contributed by atoms with Crippen molar-refractivity contribution in [2.45, 2.75) is 44.1 Å². The minimum Gasteiger partial charge on any atom is -0.381 e. The Labute approximate surface area is 210 Å². The van der Waals surface area contributed by atoms with Gasteiger partial charge in [-0.1, -0.05) is 42.5 Å². The van der Waals surface area contributed by atoms with Gasteiger partial charge in [-0.2, -0.15) is 13.2 Å². The van der Waals surface area contributed by atoms with Crippen molar-refractivity contribution in [2.75, 3.05) is 26.8 Å². The van der Waals surface area contributed by atoms with Crippen molar-refractivity contribution in [2.24, 2.45) is 4.99 Å². The van der Waals surface area contributed by atoms with E-state index in [2.05, 4.69) is 40.0 Å². The molecule has 1 unspecified atom stereocenters. The summed E-state index contributed by atoms with van der Waals surface area (Å²) in [7, 11) is 1.68. The number of guanidine groups is 1. The summed E-state index contributed by atoms with van der Waals surface area (Å²) in [6, 6.07) is 15.6. The van der Waals surface area contributed by atoms with Gasteiger partial charge in [-0.3, -0.25) is 4.99 Å². The molecule has 2 aromatic carbocycles. The Hall–Kier alpha value is -1.85. The molecule has 1 fully saturated rings. The molecular formula is C24H32F3IN4O. The van der Waals surface area contributed by atoms with E-state index in [0.29, 0.717) is 32.3 Å². The maximum absolute atomic E-state index is 12.7. The molecule has 3 rings (SSSR count). The third-order valence-corrected chi connectivity index (χ3v) is 5.83. The Balaban J connectivity index is 0.00000385. The summed E-state index contributed by atoms with van der Waals surface area (Å²) < 4.78 is 43.8. The largest absolute Gasteiger partial charge is 0.416 e. The molecule has 0 radical (unpaired) electrons. The molecule has 0 amide bonds. The number of nitrogens with zero attached hydrogens (tertiary/aromatic N) is 1. The molecule has 1 saturated heterocycles. The van der Waals surface area contributed by atoms with Crippen molar-refractivity contribution in [1.82, 2.24) is 16.0 Å². The lowest BCUT2D eigenvalue weighted by Crippen LogP contribution is -2.58. The summed E-state index contributed by atoms with van der Waals surface area (Å²) in [5.74, 6) is 0.602. The first-order chi connectivity index (χ1) is 15.3. The van der Waals surface area contributed by atoms with Gasteiger partial charge in [-0.25, -0.2) is 0 Å². The highest BCUT2D eigenvalue weighted by Gasteiger charge is 2.34. The zero-order chi connectivity index (χ0) is 23.0. The number of nitrogens with one attached hydrogen (secondary N) is 3. The van der Waals surface area contributed by atoms with E-state index in [0.717, 1.165) is 30.5 Å². The Morgan fingerprint density at radius 3 is 2.24 bits per heavy atom. The molecule has 0 saturated carbocycles. The zero-order valence-corrected chi connectivity index (χ0v) is 21.2. The van der Waals surface area contributed by atoms with Crippen molar-refractivity contribution in [3.8, 4) is 0 Å². The van der Waals surface area contributed by atoms with Crippen LogP contribution in [0.25, 0.3) is 0 Å². The Morgan fingerprint density at radius 1 is 1.03 bits per heavy atom. The highest BCUT2D eigenvalue weighted by Crippen LogP contribution is 2.29. The van der Waals surface area contributed by atoms with E-state index >= 15 is 0 Å². The van der Waals surface area contributed by atoms with E-state index in [1.54, 1.807) is 7.05 Å². The number of ether oxygens (including phenoxy) is 1. The summed E-state index contributed by atoms with van der Waals surface area (Å²) >= 11 is 0. The first-order valence-corrected chi connectivity index (χ1v) is 10.8. The predicted octanol–water partition coefficient (Wildman–Crippen LogP) is 4.89. The van der Waals surface area contributed by atoms with Crippen LogP contribution in [0.15, 0.2) is 59.6 Å². The minimum atomic E-state index is -4.33. The van der Waals surface area contributed by atoms with Crippen molar-refractivity contribution in [3.05, 3.63) is 71.3 Å². The second-order valence-electron chi connectivity index (χ2n) is 8.14. The van der Waals surface area contributed by atoms with Crippen molar-refractivity contribution >= 4 is 29.9 Å². The average molecular weight is 576 g/mol. The number of aliphatic imine (C=N–C) groups is 1. The maximum Gasteiger partial charge on any atom is 0.416 e. The van der Waals surface area contributed by atoms with E-state index in [1.165, 1.54) is 17.7 Å². The first kappa shape index (κ1) is 27.4. The van der Waals surface area contributed by atoms with Crippen LogP contribution in [0.4, 0.5) is 13.2 Å². The summed E-state index contributed by atoms with van der Waals surface area (Å²) in [5.41, 5.74) is 1.17. The van der Waals surface area contributed by atoms with Crippen LogP contribution in [0.3, 0.4) is 0 Å². The number of hydrogen-bond acceptors (Lipinski definition) is 3. The van der Waals surface area contributed by atoms with Gasteiger partial charge in [0.15, 0.2) is 5.96 Å². The van der Waals surface area contributed by atoms with Gasteiger partial charge >= 0.3 is 6.18 Å². The molecule has 1 heterocycles. The molecule has 9 heteroatoms. The van der Waals surface area contributed by atoms with Gasteiger partial charge in [0.25, 0.3) is 0 Å². The SMILES string of the molecule is CN=C(NCc1ccc(C(F)(F)F)cc1)NCC1(NC(C)c2ccccc2)CCOCC1.I. The van der Waals surface area contributed by atoms with Crippen molar-refractivity contribution in [1.29, 1.82) is 0 Å². The third-order valence-electron chi connectivity index (χ3n) is 5.83. The van der Waals surface area contributed by atoms with Crippen molar-refractivity contribution < 1.29 is 17.9 Å². The predicted molar refractivity (Wildman–Crippen MR) is 136 cm³/mol. The van der Waals surface area contributed by atoms with Gasteiger partial charge in [-0.15, -0.1) is 24.0 Å². The van der Waals surface area contributed by atoms with Gasteiger partial charge < -0.3 is 20.7 Å². The van der Waals surface area contributed by atoms with Crippen LogP contribution in [-0.4, -0.2) is 38.3 Å². The van der Waals surface area contributed by atoms with Crippen LogP contribution in [0.2, 0.25) is 0 Å². The molecule has 1 aliphatic heterocycles. The Bertz CT molecular complexity index is 870. The Kier molecular flexibility index (Phi) is 10.4. The van der Waals surface area contributed by atoms with Crippen LogP contribution in [-0.2, 0) is 17.5 Å². The summed E-state index contributed by atoms with van der Waals surface area (Å²) in [5, 5.41) is 10.4. The molecule has 33 heavy (non-hydrogen) atoms. The van der Waals surface area contributed by atoms with Crippen LogP contribution in [0.5, 0.6) is 0 Å². The number of hydrogen-bond donors (Lipinski definition) is 3. The molecule has 3 N–H and O–H groups in total. The van der Waals surface area contributed by atoms with Crippen LogP contribution < -0.4 is 16.0 Å². The number of rotatable bonds is 7. The Morgan fingerprint density at radius 2 is 1.67 bits per heavy atom. The molecule has 2 aromatic rings. The zero-order valence-electron chi connectivity index (χ0n) is 18.9. The molecular weight excluding hydrogens is 544 g/mol. The molecule has 0 bridgehead atoms. The highest BCUT2D eigenvalue weighted by molar-refractivity contribution is 14.0. The maximum atomic E-state index is 12.7. The van der Waals surface area contributed by atoms with Crippen LogP contribution in [0.1, 0.15) is 42.5 Å². The molecule has 0 spiro atoms. The van der Waals surface area contributed by atoms with E-state index in [9.17, 15) is 13.2 Å². The quantitative estimate of drug-likeness (QED) is 0.250. The number of alkyl halides is 3. The average Bonchev–Trinajstić information content (AvgIpc) is 2.80. The standard InChI is InChI=1S/C24H31F3N4O.HI/c1-18(20-6-4-3-5-7-20)31-23(12-14-32-15-13-23)17-30-22(28-2)29-16-19-8-10-21(11-9-19)24(25,26)27;/h3-11,18,31H,12-17H2,1-2H3,(H2,28,29,30);1H. The first-order valence-electron chi connectivity index (χ1n) is 10.8. The molecule has 1 aliphatic rings. The monoisotopic (exact) mass is 576 g/mol. The fraction of sp³-hybridized carbons (Fsp3) is 0.458. The fourth-order valence-electron chi connectivity index (χ4n) is 3.89. The lowest BCUT2D eigenvalue weighted by Gasteiger charge is -2.41. The third kappa shape index (κ3) is 8.15. The van der Waals surface area contributed by atoms with E-state index in [-0.39, 0.29) is 35.6 Å². The van der Waals surface area contributed by atoms with Gasteiger partial charge in [0.05, 0.1) is 5.56 Å². The van der Waals surface area contributed by atoms with Crippen LogP contribution >= 0.6 is 24.0 Å². The summed E-state index contributed by atoms with van der Waals surface area (Å²) in [6.45, 7) is 4.56. The molecule has 1 atom stereocenters. The van der Waals surface area contributed by atoms with Gasteiger partial charge in [0.1, 0.15) is 0 Å². The minimum absolute atomic E-state index is 0. The molecule has 182 valence electrons. The molecule has 5 nitrogen and oxygen atoms in total. The van der Waals surface area contributed by atoms with Gasteiger partial charge in [0.2, 0.25) is 0 Å². The smallest absolute Gasteiger partial charge is 0.381 e. The summed E-state index contributed by atoms with van der Waals surface area (Å²) in [4.78, 5) is 4.27. The normalized spacial score (nSPS) is 17.1. The van der Waals surface area contributed by atoms with E-state index in [4.69, 9.17) is 4.74 Å². The summed E-state index contributed by atoms with van der Waals surface area (Å²) in [6.07, 6.45) is -2.59. The number of halogens is 4. The lowest BCUT2D eigenvalue weighted by atomic mass is 9.88. The molecule has 0 aliphatic carbocycles. The second-order valence-corrected chi connectivity index (χ2v) is 8.14. The topological polar surface area (TPSA) is 57.7 Å². The van der Waals surface area contributed by atoms with E-state index < -0.39 is 11.7 Å². The second kappa shape index (κ2) is 12.6. The van der Waals surface area contributed by atoms with Crippen LogP contribution in [0, 0.1) is 0 Å².